The number of carbonyl (C=O) groups is 1. The van der Waals surface area contributed by atoms with Gasteiger partial charge in [0.15, 0.2) is 0 Å². The Morgan fingerprint density at radius 3 is 2.22 bits per heavy atom. The number of rotatable bonds is 3. The van der Waals surface area contributed by atoms with Gasteiger partial charge in [0, 0.05) is 13.1 Å². The second kappa shape index (κ2) is 6.55. The Morgan fingerprint density at radius 2 is 1.67 bits per heavy atom. The van der Waals surface area contributed by atoms with Gasteiger partial charge in [-0.25, -0.2) is 0 Å². The zero-order valence-corrected chi connectivity index (χ0v) is 12.0. The first-order chi connectivity index (χ1) is 8.69. The van der Waals surface area contributed by atoms with Crippen LogP contribution in [-0.2, 0) is 4.79 Å². The van der Waals surface area contributed by atoms with Crippen LogP contribution in [0.2, 0.25) is 0 Å². The van der Waals surface area contributed by atoms with E-state index in [9.17, 15) is 4.79 Å². The van der Waals surface area contributed by atoms with Crippen molar-refractivity contribution in [2.45, 2.75) is 46.0 Å². The molecule has 0 aliphatic carbocycles. The van der Waals surface area contributed by atoms with Crippen molar-refractivity contribution in [1.82, 2.24) is 9.80 Å². The van der Waals surface area contributed by atoms with Gasteiger partial charge < -0.3 is 4.90 Å². The number of amides is 1. The van der Waals surface area contributed by atoms with Crippen LogP contribution in [0, 0.1) is 11.8 Å². The van der Waals surface area contributed by atoms with Gasteiger partial charge in [0.05, 0.1) is 6.54 Å². The summed E-state index contributed by atoms with van der Waals surface area (Å²) >= 11 is 0. The number of nitrogens with zero attached hydrogens (tertiary/aromatic N) is 2. The molecule has 3 heteroatoms. The number of hydrogen-bond acceptors (Lipinski definition) is 2. The Balaban J connectivity index is 1.71. The zero-order chi connectivity index (χ0) is 13.0. The molecule has 1 amide bonds. The normalized spacial score (nSPS) is 24.4. The summed E-state index contributed by atoms with van der Waals surface area (Å²) in [5.74, 6) is 2.05. The van der Waals surface area contributed by atoms with Crippen LogP contribution in [0.4, 0.5) is 0 Å². The minimum atomic E-state index is 0.358. The van der Waals surface area contributed by atoms with Gasteiger partial charge in [0.2, 0.25) is 5.91 Å². The monoisotopic (exact) mass is 252 g/mol. The first-order valence-corrected chi connectivity index (χ1v) is 7.69. The average molecular weight is 252 g/mol. The molecule has 0 aromatic rings. The molecule has 0 spiro atoms. The molecule has 0 unspecified atom stereocenters. The SMILES string of the molecule is CCC1CCN(CC(=O)N2CCC(C)CC2)CC1. The van der Waals surface area contributed by atoms with Gasteiger partial charge >= 0.3 is 0 Å². The van der Waals surface area contributed by atoms with Gasteiger partial charge in [-0.3, -0.25) is 9.69 Å². The fourth-order valence-corrected chi connectivity index (χ4v) is 3.10. The highest BCUT2D eigenvalue weighted by molar-refractivity contribution is 5.78. The number of likely N-dealkylation sites (tertiary alicyclic amines) is 2. The molecule has 2 rings (SSSR count). The van der Waals surface area contributed by atoms with Crippen LogP contribution >= 0.6 is 0 Å². The van der Waals surface area contributed by atoms with Crippen molar-refractivity contribution in [1.29, 1.82) is 0 Å². The molecule has 0 atom stereocenters. The fraction of sp³-hybridized carbons (Fsp3) is 0.933. The first kappa shape index (κ1) is 13.9. The third-order valence-corrected chi connectivity index (χ3v) is 4.78. The van der Waals surface area contributed by atoms with Gasteiger partial charge in [0.25, 0.3) is 0 Å². The summed E-state index contributed by atoms with van der Waals surface area (Å²) in [6.07, 6.45) is 6.22. The number of carbonyl (C=O) groups excluding carboxylic acids is 1. The first-order valence-electron chi connectivity index (χ1n) is 7.69. The molecule has 104 valence electrons. The standard InChI is InChI=1S/C15H28N2O/c1-3-14-6-8-16(9-7-14)12-15(18)17-10-4-13(2)5-11-17/h13-14H,3-12H2,1-2H3. The molecule has 0 bridgehead atoms. The van der Waals surface area contributed by atoms with Crippen LogP contribution in [0.25, 0.3) is 0 Å². The quantitative estimate of drug-likeness (QED) is 0.770. The summed E-state index contributed by atoms with van der Waals surface area (Å²) in [5, 5.41) is 0. The van der Waals surface area contributed by atoms with Crippen LogP contribution in [0.15, 0.2) is 0 Å². The van der Waals surface area contributed by atoms with E-state index in [4.69, 9.17) is 0 Å². The van der Waals surface area contributed by atoms with Gasteiger partial charge in [0.1, 0.15) is 0 Å². The number of piperidine rings is 2. The second-order valence-electron chi connectivity index (χ2n) is 6.19. The molecule has 0 aromatic carbocycles. The topological polar surface area (TPSA) is 23.6 Å². The summed E-state index contributed by atoms with van der Waals surface area (Å²) in [6.45, 7) is 9.42. The van der Waals surface area contributed by atoms with Crippen LogP contribution in [0.1, 0.15) is 46.0 Å². The lowest BCUT2D eigenvalue weighted by molar-refractivity contribution is -0.134. The Morgan fingerprint density at radius 1 is 1.06 bits per heavy atom. The van der Waals surface area contributed by atoms with E-state index in [0.717, 1.165) is 38.0 Å². The van der Waals surface area contributed by atoms with Gasteiger partial charge in [-0.05, 0) is 50.6 Å². The Kier molecular flexibility index (Phi) is 5.04. The third-order valence-electron chi connectivity index (χ3n) is 4.78. The number of hydrogen-bond donors (Lipinski definition) is 0. The average Bonchev–Trinajstić information content (AvgIpc) is 2.40. The van der Waals surface area contributed by atoms with Crippen LogP contribution in [0.3, 0.4) is 0 Å². The molecule has 0 aromatic heterocycles. The van der Waals surface area contributed by atoms with Crippen molar-refractivity contribution in [2.24, 2.45) is 11.8 Å². The second-order valence-corrected chi connectivity index (χ2v) is 6.19. The van der Waals surface area contributed by atoms with Crippen LogP contribution in [-0.4, -0.2) is 48.4 Å². The Labute approximate surface area is 112 Å². The van der Waals surface area contributed by atoms with Crippen LogP contribution < -0.4 is 0 Å². The molecule has 2 fully saturated rings. The highest BCUT2D eigenvalue weighted by Crippen LogP contribution is 2.20. The fourth-order valence-electron chi connectivity index (χ4n) is 3.10. The Hall–Kier alpha value is -0.570. The smallest absolute Gasteiger partial charge is 0.236 e. The van der Waals surface area contributed by atoms with Crippen LogP contribution in [0.5, 0.6) is 0 Å². The van der Waals surface area contributed by atoms with Gasteiger partial charge in [-0.1, -0.05) is 20.3 Å². The van der Waals surface area contributed by atoms with Crippen molar-refractivity contribution in [2.75, 3.05) is 32.7 Å². The largest absolute Gasteiger partial charge is 0.342 e. The summed E-state index contributed by atoms with van der Waals surface area (Å²) in [5.41, 5.74) is 0. The zero-order valence-electron chi connectivity index (χ0n) is 12.0. The van der Waals surface area contributed by atoms with E-state index in [-0.39, 0.29) is 0 Å². The van der Waals surface area contributed by atoms with E-state index in [2.05, 4.69) is 23.6 Å². The molecule has 3 nitrogen and oxygen atoms in total. The molecule has 0 radical (unpaired) electrons. The summed E-state index contributed by atoms with van der Waals surface area (Å²) < 4.78 is 0. The van der Waals surface area contributed by atoms with E-state index < -0.39 is 0 Å². The van der Waals surface area contributed by atoms with Crippen molar-refractivity contribution >= 4 is 5.91 Å². The summed E-state index contributed by atoms with van der Waals surface area (Å²) in [6, 6.07) is 0. The maximum absolute atomic E-state index is 12.2. The Bertz CT molecular complexity index is 264. The molecular formula is C15H28N2O. The van der Waals surface area contributed by atoms with E-state index in [0.29, 0.717) is 12.5 Å². The molecule has 2 saturated heterocycles. The van der Waals surface area contributed by atoms with E-state index in [1.807, 2.05) is 0 Å². The molecule has 2 aliphatic rings. The minimum Gasteiger partial charge on any atom is -0.342 e. The lowest BCUT2D eigenvalue weighted by Crippen LogP contribution is -2.45. The van der Waals surface area contributed by atoms with E-state index in [1.165, 1.54) is 32.1 Å². The lowest BCUT2D eigenvalue weighted by Gasteiger charge is -2.35. The highest BCUT2D eigenvalue weighted by Gasteiger charge is 2.24. The highest BCUT2D eigenvalue weighted by atomic mass is 16.2. The summed E-state index contributed by atoms with van der Waals surface area (Å²) in [7, 11) is 0. The molecule has 0 saturated carbocycles. The maximum atomic E-state index is 12.2. The molecular weight excluding hydrogens is 224 g/mol. The lowest BCUT2D eigenvalue weighted by atomic mass is 9.94. The summed E-state index contributed by atoms with van der Waals surface area (Å²) in [4.78, 5) is 16.6. The molecule has 2 heterocycles. The van der Waals surface area contributed by atoms with Gasteiger partial charge in [-0.2, -0.15) is 0 Å². The van der Waals surface area contributed by atoms with E-state index >= 15 is 0 Å². The minimum absolute atomic E-state index is 0.358. The predicted molar refractivity (Wildman–Crippen MR) is 74.4 cm³/mol. The molecule has 2 aliphatic heterocycles. The molecule has 0 N–H and O–H groups in total. The molecule has 18 heavy (non-hydrogen) atoms. The van der Waals surface area contributed by atoms with Crippen molar-refractivity contribution < 1.29 is 4.79 Å². The van der Waals surface area contributed by atoms with Crippen molar-refractivity contribution in [3.63, 3.8) is 0 Å². The van der Waals surface area contributed by atoms with Gasteiger partial charge in [-0.15, -0.1) is 0 Å². The maximum Gasteiger partial charge on any atom is 0.236 e. The van der Waals surface area contributed by atoms with Crippen molar-refractivity contribution in [3.05, 3.63) is 0 Å². The van der Waals surface area contributed by atoms with E-state index in [1.54, 1.807) is 0 Å². The third kappa shape index (κ3) is 3.71. The van der Waals surface area contributed by atoms with Crippen molar-refractivity contribution in [3.8, 4) is 0 Å². The predicted octanol–water partition coefficient (Wildman–Crippen LogP) is 2.37.